The van der Waals surface area contributed by atoms with Gasteiger partial charge in [-0.25, -0.2) is 0 Å². The van der Waals surface area contributed by atoms with E-state index in [1.165, 1.54) is 5.56 Å². The minimum absolute atomic E-state index is 0.659. The summed E-state index contributed by atoms with van der Waals surface area (Å²) in [5, 5.41) is 7.91. The average molecular weight is 261 g/mol. The van der Waals surface area contributed by atoms with E-state index >= 15 is 0 Å². The zero-order chi connectivity index (χ0) is 13.8. The van der Waals surface area contributed by atoms with Crippen molar-refractivity contribution in [2.75, 3.05) is 6.54 Å². The third-order valence-electron chi connectivity index (χ3n) is 3.10. The van der Waals surface area contributed by atoms with Gasteiger partial charge in [-0.05, 0) is 38.4 Å². The highest BCUT2D eigenvalue weighted by molar-refractivity contribution is 5.18. The van der Waals surface area contributed by atoms with Crippen molar-refractivity contribution in [1.82, 2.24) is 15.1 Å². The summed E-state index contributed by atoms with van der Waals surface area (Å²) in [6, 6.07) is 4.12. The maximum atomic E-state index is 5.59. The number of nitrogens with zero attached hydrogens (tertiary/aromatic N) is 2. The predicted molar refractivity (Wildman–Crippen MR) is 76.1 cm³/mol. The summed E-state index contributed by atoms with van der Waals surface area (Å²) in [4.78, 5) is 0. The second-order valence-electron chi connectivity index (χ2n) is 5.48. The minimum atomic E-state index is 0.659. The fourth-order valence-electron chi connectivity index (χ4n) is 2.13. The highest BCUT2D eigenvalue weighted by Crippen LogP contribution is 2.14. The molecule has 0 bridgehead atoms. The Bertz CT molecular complexity index is 525. The molecule has 2 aromatic heterocycles. The molecule has 0 atom stereocenters. The first-order valence-electron chi connectivity index (χ1n) is 6.83. The molecular weight excluding hydrogens is 238 g/mol. The van der Waals surface area contributed by atoms with Crippen molar-refractivity contribution < 1.29 is 4.42 Å². The van der Waals surface area contributed by atoms with Crippen LogP contribution < -0.4 is 5.32 Å². The molecule has 4 nitrogen and oxygen atoms in total. The third-order valence-corrected chi connectivity index (χ3v) is 3.10. The Balaban J connectivity index is 2.01. The van der Waals surface area contributed by atoms with Crippen LogP contribution in [0.1, 0.15) is 36.6 Å². The van der Waals surface area contributed by atoms with E-state index in [0.717, 1.165) is 30.2 Å². The smallest absolute Gasteiger partial charge is 0.129 e. The molecule has 0 unspecified atom stereocenters. The highest BCUT2D eigenvalue weighted by Gasteiger charge is 2.09. The van der Waals surface area contributed by atoms with Gasteiger partial charge >= 0.3 is 0 Å². The van der Waals surface area contributed by atoms with Crippen LogP contribution in [0.2, 0.25) is 0 Å². The van der Waals surface area contributed by atoms with E-state index in [2.05, 4.69) is 37.3 Å². The van der Waals surface area contributed by atoms with Crippen LogP contribution in [0.4, 0.5) is 0 Å². The maximum absolute atomic E-state index is 5.59. The molecule has 2 heterocycles. The molecule has 104 valence electrons. The van der Waals surface area contributed by atoms with Crippen molar-refractivity contribution in [3.8, 4) is 0 Å². The number of rotatable bonds is 6. The second kappa shape index (κ2) is 6.06. The first kappa shape index (κ1) is 13.9. The molecule has 0 amide bonds. The Morgan fingerprint density at radius 3 is 2.79 bits per heavy atom. The van der Waals surface area contributed by atoms with Gasteiger partial charge in [0.15, 0.2) is 0 Å². The molecule has 0 aliphatic rings. The van der Waals surface area contributed by atoms with Crippen LogP contribution in [0, 0.1) is 19.8 Å². The normalized spacial score (nSPS) is 11.4. The quantitative estimate of drug-likeness (QED) is 0.869. The van der Waals surface area contributed by atoms with E-state index in [-0.39, 0.29) is 0 Å². The fraction of sp³-hybridized carbons (Fsp3) is 0.533. The standard InChI is InChI=1S/C15H23N3O/c1-11(2)8-16-9-14-5-6-19-15(14)10-18-13(4)7-12(3)17-18/h5-7,11,16H,8-10H2,1-4H3. The van der Waals surface area contributed by atoms with Crippen LogP contribution in [0.15, 0.2) is 22.8 Å². The Hall–Kier alpha value is -1.55. The van der Waals surface area contributed by atoms with Crippen molar-refractivity contribution in [2.45, 2.75) is 40.8 Å². The SMILES string of the molecule is Cc1cc(C)n(Cc2occc2CNCC(C)C)n1. The molecule has 2 aromatic rings. The summed E-state index contributed by atoms with van der Waals surface area (Å²) in [5.74, 6) is 1.65. The number of aromatic nitrogens is 2. The van der Waals surface area contributed by atoms with E-state index < -0.39 is 0 Å². The van der Waals surface area contributed by atoms with Crippen molar-refractivity contribution >= 4 is 0 Å². The van der Waals surface area contributed by atoms with Crippen LogP contribution in [-0.2, 0) is 13.1 Å². The van der Waals surface area contributed by atoms with Crippen molar-refractivity contribution in [1.29, 1.82) is 0 Å². The summed E-state index contributed by atoms with van der Waals surface area (Å²) in [7, 11) is 0. The predicted octanol–water partition coefficient (Wildman–Crippen LogP) is 2.89. The topological polar surface area (TPSA) is 43.0 Å². The average Bonchev–Trinajstić information content (AvgIpc) is 2.87. The number of hydrogen-bond donors (Lipinski definition) is 1. The monoisotopic (exact) mass is 261 g/mol. The Labute approximate surface area is 114 Å². The lowest BCUT2D eigenvalue weighted by atomic mass is 10.2. The number of furan rings is 1. The molecule has 0 aromatic carbocycles. The molecule has 4 heteroatoms. The molecule has 1 N–H and O–H groups in total. The summed E-state index contributed by atoms with van der Waals surface area (Å²) >= 11 is 0. The third kappa shape index (κ3) is 3.70. The van der Waals surface area contributed by atoms with Gasteiger partial charge in [0, 0.05) is 17.8 Å². The summed E-state index contributed by atoms with van der Waals surface area (Å²) < 4.78 is 7.58. The Morgan fingerprint density at radius 2 is 2.16 bits per heavy atom. The lowest BCUT2D eigenvalue weighted by Crippen LogP contribution is -2.19. The van der Waals surface area contributed by atoms with Gasteiger partial charge in [0.05, 0.1) is 18.5 Å². The van der Waals surface area contributed by atoms with Gasteiger partial charge in [-0.2, -0.15) is 5.10 Å². The van der Waals surface area contributed by atoms with Crippen LogP contribution in [0.25, 0.3) is 0 Å². The van der Waals surface area contributed by atoms with E-state index in [4.69, 9.17) is 4.42 Å². The molecule has 0 saturated heterocycles. The molecule has 0 aliphatic heterocycles. The number of hydrogen-bond acceptors (Lipinski definition) is 3. The first-order valence-corrected chi connectivity index (χ1v) is 6.83. The lowest BCUT2D eigenvalue weighted by molar-refractivity contribution is 0.466. The van der Waals surface area contributed by atoms with Crippen molar-refractivity contribution in [3.05, 3.63) is 41.1 Å². The van der Waals surface area contributed by atoms with Gasteiger partial charge in [-0.15, -0.1) is 0 Å². The first-order chi connectivity index (χ1) is 9.06. The fourth-order valence-corrected chi connectivity index (χ4v) is 2.13. The summed E-state index contributed by atoms with van der Waals surface area (Å²) in [6.07, 6.45) is 1.76. The molecule has 2 rings (SSSR count). The van der Waals surface area contributed by atoms with E-state index in [1.807, 2.05) is 17.7 Å². The zero-order valence-corrected chi connectivity index (χ0v) is 12.2. The number of nitrogens with one attached hydrogen (secondary N) is 1. The molecule has 0 spiro atoms. The van der Waals surface area contributed by atoms with Crippen LogP contribution >= 0.6 is 0 Å². The summed E-state index contributed by atoms with van der Waals surface area (Å²) in [6.45, 7) is 11.1. The molecule has 0 aliphatic carbocycles. The minimum Gasteiger partial charge on any atom is -0.467 e. The second-order valence-corrected chi connectivity index (χ2v) is 5.48. The van der Waals surface area contributed by atoms with Gasteiger partial charge in [0.1, 0.15) is 5.76 Å². The molecular formula is C15H23N3O. The van der Waals surface area contributed by atoms with Gasteiger partial charge in [-0.1, -0.05) is 13.8 Å². The molecule has 0 radical (unpaired) electrons. The van der Waals surface area contributed by atoms with Crippen LogP contribution in [0.5, 0.6) is 0 Å². The van der Waals surface area contributed by atoms with E-state index in [1.54, 1.807) is 6.26 Å². The zero-order valence-electron chi connectivity index (χ0n) is 12.2. The summed E-state index contributed by atoms with van der Waals surface area (Å²) in [5.41, 5.74) is 3.42. The van der Waals surface area contributed by atoms with Crippen LogP contribution in [0.3, 0.4) is 0 Å². The Kier molecular flexibility index (Phi) is 4.43. The van der Waals surface area contributed by atoms with Gasteiger partial charge in [0.2, 0.25) is 0 Å². The molecule has 0 saturated carbocycles. The van der Waals surface area contributed by atoms with E-state index in [0.29, 0.717) is 12.5 Å². The van der Waals surface area contributed by atoms with E-state index in [9.17, 15) is 0 Å². The highest BCUT2D eigenvalue weighted by atomic mass is 16.3. The van der Waals surface area contributed by atoms with Crippen LogP contribution in [-0.4, -0.2) is 16.3 Å². The van der Waals surface area contributed by atoms with Gasteiger partial charge < -0.3 is 9.73 Å². The maximum Gasteiger partial charge on any atom is 0.129 e. The molecule has 19 heavy (non-hydrogen) atoms. The number of aryl methyl sites for hydroxylation is 2. The lowest BCUT2D eigenvalue weighted by Gasteiger charge is -2.08. The Morgan fingerprint density at radius 1 is 1.37 bits per heavy atom. The van der Waals surface area contributed by atoms with Gasteiger partial charge in [0.25, 0.3) is 0 Å². The van der Waals surface area contributed by atoms with Crippen molar-refractivity contribution in [3.63, 3.8) is 0 Å². The molecule has 0 fully saturated rings. The largest absolute Gasteiger partial charge is 0.467 e. The van der Waals surface area contributed by atoms with Gasteiger partial charge in [-0.3, -0.25) is 4.68 Å². The van der Waals surface area contributed by atoms with Crippen molar-refractivity contribution in [2.24, 2.45) is 5.92 Å².